The maximum absolute atomic E-state index is 12.7. The molecule has 1 aliphatic heterocycles. The van der Waals surface area contributed by atoms with Gasteiger partial charge in [0, 0.05) is 18.5 Å². The molecule has 1 amide bonds. The minimum absolute atomic E-state index is 0.0213. The fourth-order valence-electron chi connectivity index (χ4n) is 3.64. The predicted octanol–water partition coefficient (Wildman–Crippen LogP) is 2.90. The molecule has 2 aromatic rings. The van der Waals surface area contributed by atoms with Crippen molar-refractivity contribution < 1.29 is 19.1 Å². The average molecular weight is 370 g/mol. The number of pyridine rings is 1. The first-order valence-corrected chi connectivity index (χ1v) is 9.39. The van der Waals surface area contributed by atoms with Crippen LogP contribution >= 0.6 is 0 Å². The minimum atomic E-state index is -0.495. The molecule has 6 nitrogen and oxygen atoms in total. The molecule has 2 atom stereocenters. The molecule has 1 aliphatic rings. The van der Waals surface area contributed by atoms with Crippen LogP contribution in [0.3, 0.4) is 0 Å². The zero-order valence-corrected chi connectivity index (χ0v) is 16.3. The number of morpholine rings is 1. The van der Waals surface area contributed by atoms with Crippen molar-refractivity contribution >= 4 is 22.8 Å². The largest absolute Gasteiger partial charge is 0.452 e. The molecule has 6 heteroatoms. The van der Waals surface area contributed by atoms with Crippen molar-refractivity contribution in [2.75, 3.05) is 19.7 Å². The lowest BCUT2D eigenvalue weighted by molar-refractivity contribution is -0.146. The average Bonchev–Trinajstić information content (AvgIpc) is 2.64. The number of hydrogen-bond donors (Lipinski definition) is 0. The molecule has 0 saturated carbocycles. The lowest BCUT2D eigenvalue weighted by atomic mass is 10.0. The van der Waals surface area contributed by atoms with Crippen LogP contribution in [-0.4, -0.2) is 53.7 Å². The van der Waals surface area contributed by atoms with Crippen molar-refractivity contribution in [3.8, 4) is 0 Å². The molecule has 3 rings (SSSR count). The minimum Gasteiger partial charge on any atom is -0.452 e. The summed E-state index contributed by atoms with van der Waals surface area (Å²) >= 11 is 0. The third-order valence-corrected chi connectivity index (χ3v) is 4.87. The van der Waals surface area contributed by atoms with E-state index >= 15 is 0 Å². The van der Waals surface area contributed by atoms with E-state index in [1.165, 1.54) is 0 Å². The highest BCUT2D eigenvalue weighted by atomic mass is 16.5. The summed E-state index contributed by atoms with van der Waals surface area (Å²) in [7, 11) is 0. The van der Waals surface area contributed by atoms with Gasteiger partial charge in [-0.2, -0.15) is 0 Å². The Kier molecular flexibility index (Phi) is 5.75. The van der Waals surface area contributed by atoms with Gasteiger partial charge in [-0.05, 0) is 38.8 Å². The number of esters is 1. The highest BCUT2D eigenvalue weighted by Gasteiger charge is 2.27. The number of fused-ring (bicyclic) bond motifs is 1. The van der Waals surface area contributed by atoms with Crippen LogP contribution in [0.2, 0.25) is 0 Å². The Bertz CT molecular complexity index is 855. The first kappa shape index (κ1) is 19.3. The van der Waals surface area contributed by atoms with Gasteiger partial charge in [0.15, 0.2) is 6.61 Å². The Hall–Kier alpha value is -2.47. The molecule has 144 valence electrons. The van der Waals surface area contributed by atoms with Crippen molar-refractivity contribution in [1.82, 2.24) is 9.88 Å². The Balaban J connectivity index is 1.76. The molecule has 1 fully saturated rings. The maximum Gasteiger partial charge on any atom is 0.340 e. The number of aromatic nitrogens is 1. The summed E-state index contributed by atoms with van der Waals surface area (Å²) in [5.74, 6) is -0.694. The molecule has 27 heavy (non-hydrogen) atoms. The number of aryl methyl sites for hydroxylation is 2. The Morgan fingerprint density at radius 2 is 1.89 bits per heavy atom. The molecule has 0 aliphatic carbocycles. The number of para-hydroxylation sites is 1. The zero-order valence-electron chi connectivity index (χ0n) is 16.3. The van der Waals surface area contributed by atoms with E-state index in [0.29, 0.717) is 30.8 Å². The van der Waals surface area contributed by atoms with Gasteiger partial charge in [0.05, 0.1) is 29.0 Å². The van der Waals surface area contributed by atoms with Crippen LogP contribution in [0.4, 0.5) is 0 Å². The number of hydrogen-bond acceptors (Lipinski definition) is 5. The predicted molar refractivity (Wildman–Crippen MR) is 103 cm³/mol. The molecular weight excluding hydrogens is 344 g/mol. The third kappa shape index (κ3) is 4.11. The molecule has 0 bridgehead atoms. The monoisotopic (exact) mass is 370 g/mol. The van der Waals surface area contributed by atoms with Crippen LogP contribution in [0.1, 0.15) is 42.4 Å². The fraction of sp³-hybridized carbons (Fsp3) is 0.476. The molecular formula is C21H26N2O4. The van der Waals surface area contributed by atoms with Crippen molar-refractivity contribution in [1.29, 1.82) is 0 Å². The summed E-state index contributed by atoms with van der Waals surface area (Å²) in [6.07, 6.45) is 0.571. The zero-order chi connectivity index (χ0) is 19.6. The van der Waals surface area contributed by atoms with Crippen LogP contribution in [0.15, 0.2) is 24.3 Å². The molecule has 0 spiro atoms. The molecule has 1 aromatic carbocycles. The Labute approximate surface area is 159 Å². The second-order valence-electron chi connectivity index (χ2n) is 7.06. The summed E-state index contributed by atoms with van der Waals surface area (Å²) in [5, 5.41) is 0.920. The van der Waals surface area contributed by atoms with Gasteiger partial charge in [-0.15, -0.1) is 0 Å². The quantitative estimate of drug-likeness (QED) is 0.774. The molecule has 0 radical (unpaired) electrons. The van der Waals surface area contributed by atoms with Crippen LogP contribution in [0.25, 0.3) is 10.9 Å². The van der Waals surface area contributed by atoms with E-state index in [-0.39, 0.29) is 24.7 Å². The second kappa shape index (κ2) is 8.05. The van der Waals surface area contributed by atoms with Crippen LogP contribution < -0.4 is 0 Å². The summed E-state index contributed by atoms with van der Waals surface area (Å²) in [6, 6.07) is 7.72. The number of carbonyl (C=O) groups excluding carboxylic acids is 2. The van der Waals surface area contributed by atoms with E-state index in [1.54, 1.807) is 4.90 Å². The maximum atomic E-state index is 12.7. The fourth-order valence-corrected chi connectivity index (χ4v) is 3.64. The van der Waals surface area contributed by atoms with Crippen LogP contribution in [0.5, 0.6) is 0 Å². The van der Waals surface area contributed by atoms with Gasteiger partial charge in [0.25, 0.3) is 5.91 Å². The van der Waals surface area contributed by atoms with Crippen molar-refractivity contribution in [3.63, 3.8) is 0 Å². The van der Waals surface area contributed by atoms with Crippen LogP contribution in [0, 0.1) is 6.92 Å². The number of carbonyl (C=O) groups is 2. The third-order valence-electron chi connectivity index (χ3n) is 4.87. The van der Waals surface area contributed by atoms with E-state index < -0.39 is 5.97 Å². The smallest absolute Gasteiger partial charge is 0.340 e. The van der Waals surface area contributed by atoms with E-state index in [1.807, 2.05) is 52.0 Å². The molecule has 0 unspecified atom stereocenters. The molecule has 2 heterocycles. The van der Waals surface area contributed by atoms with Gasteiger partial charge in [-0.3, -0.25) is 9.78 Å². The standard InChI is InChI=1S/C21H26N2O4/c1-5-17-20(15(4)16-8-6-7-9-18(16)22-17)21(25)26-12-19(24)23-10-13(2)27-14(3)11-23/h6-9,13-14H,5,10-12H2,1-4H3/t13-,14+. The van der Waals surface area contributed by atoms with Gasteiger partial charge in [0.2, 0.25) is 0 Å². The summed E-state index contributed by atoms with van der Waals surface area (Å²) in [6.45, 7) is 8.46. The summed E-state index contributed by atoms with van der Waals surface area (Å²) in [4.78, 5) is 31.5. The van der Waals surface area contributed by atoms with Crippen LogP contribution in [-0.2, 0) is 20.7 Å². The van der Waals surface area contributed by atoms with Crippen molar-refractivity contribution in [2.24, 2.45) is 0 Å². The van der Waals surface area contributed by atoms with E-state index in [4.69, 9.17) is 9.47 Å². The van der Waals surface area contributed by atoms with Gasteiger partial charge in [-0.1, -0.05) is 25.1 Å². The van der Waals surface area contributed by atoms with E-state index in [0.717, 1.165) is 16.5 Å². The molecule has 1 aromatic heterocycles. The summed E-state index contributed by atoms with van der Waals surface area (Å²) in [5.41, 5.74) is 2.85. The van der Waals surface area contributed by atoms with Crippen molar-refractivity contribution in [2.45, 2.75) is 46.3 Å². The molecule has 1 saturated heterocycles. The van der Waals surface area contributed by atoms with Gasteiger partial charge in [-0.25, -0.2) is 4.79 Å². The number of ether oxygens (including phenoxy) is 2. The van der Waals surface area contributed by atoms with E-state index in [2.05, 4.69) is 4.98 Å². The van der Waals surface area contributed by atoms with E-state index in [9.17, 15) is 9.59 Å². The first-order valence-electron chi connectivity index (χ1n) is 9.39. The topological polar surface area (TPSA) is 68.7 Å². The summed E-state index contributed by atoms with van der Waals surface area (Å²) < 4.78 is 11.0. The lowest BCUT2D eigenvalue weighted by Crippen LogP contribution is -2.49. The first-order chi connectivity index (χ1) is 12.9. The highest BCUT2D eigenvalue weighted by molar-refractivity contribution is 5.99. The number of nitrogens with zero attached hydrogens (tertiary/aromatic N) is 2. The van der Waals surface area contributed by atoms with Gasteiger partial charge in [0.1, 0.15) is 0 Å². The second-order valence-corrected chi connectivity index (χ2v) is 7.06. The normalized spacial score (nSPS) is 19.9. The number of benzene rings is 1. The Morgan fingerprint density at radius 3 is 2.56 bits per heavy atom. The van der Waals surface area contributed by atoms with Crippen molar-refractivity contribution in [3.05, 3.63) is 41.1 Å². The number of rotatable bonds is 4. The lowest BCUT2D eigenvalue weighted by Gasteiger charge is -2.35. The SMILES string of the molecule is CCc1nc2ccccc2c(C)c1C(=O)OCC(=O)N1C[C@@H](C)O[C@@H](C)C1. The molecule has 0 N–H and O–H groups in total. The highest BCUT2D eigenvalue weighted by Crippen LogP contribution is 2.24. The number of amides is 1. The van der Waals surface area contributed by atoms with Gasteiger partial charge < -0.3 is 14.4 Å². The van der Waals surface area contributed by atoms with Gasteiger partial charge >= 0.3 is 5.97 Å². The Morgan fingerprint density at radius 1 is 1.22 bits per heavy atom.